The summed E-state index contributed by atoms with van der Waals surface area (Å²) in [6.45, 7) is 0. The Labute approximate surface area is 143 Å². The van der Waals surface area contributed by atoms with Gasteiger partial charge in [-0.15, -0.1) is 11.8 Å². The summed E-state index contributed by atoms with van der Waals surface area (Å²) in [4.78, 5) is 23.5. The third-order valence-corrected chi connectivity index (χ3v) is 3.88. The normalized spacial score (nSPS) is 10.1. The number of amides is 2. The van der Waals surface area contributed by atoms with E-state index < -0.39 is 5.82 Å². The average Bonchev–Trinajstić information content (AvgIpc) is 2.55. The summed E-state index contributed by atoms with van der Waals surface area (Å²) in [5.74, 6) is 0.0390. The van der Waals surface area contributed by atoms with E-state index in [1.165, 1.54) is 30.0 Å². The molecule has 2 N–H and O–H groups in total. The molecule has 0 aromatic heterocycles. The largest absolute Gasteiger partial charge is 0.497 e. The van der Waals surface area contributed by atoms with Crippen LogP contribution in [0.3, 0.4) is 0 Å². The summed E-state index contributed by atoms with van der Waals surface area (Å²) in [6, 6.07) is 12.6. The first kappa shape index (κ1) is 17.8. The molecular formula is C17H17FN2O3S. The molecule has 0 saturated heterocycles. The number of ether oxygens (including phenoxy) is 1. The van der Waals surface area contributed by atoms with Crippen molar-refractivity contribution in [3.8, 4) is 5.75 Å². The minimum atomic E-state index is -0.417. The second-order valence-corrected chi connectivity index (χ2v) is 5.81. The van der Waals surface area contributed by atoms with Gasteiger partial charge in [-0.3, -0.25) is 9.59 Å². The topological polar surface area (TPSA) is 67.4 Å². The fourth-order valence-corrected chi connectivity index (χ4v) is 2.49. The maximum Gasteiger partial charge on any atom is 0.234 e. The highest BCUT2D eigenvalue weighted by molar-refractivity contribution is 8.00. The van der Waals surface area contributed by atoms with Gasteiger partial charge in [-0.2, -0.15) is 0 Å². The van der Waals surface area contributed by atoms with Gasteiger partial charge in [0.2, 0.25) is 11.8 Å². The van der Waals surface area contributed by atoms with Gasteiger partial charge < -0.3 is 15.4 Å². The van der Waals surface area contributed by atoms with E-state index in [9.17, 15) is 14.0 Å². The fraction of sp³-hybridized carbons (Fsp3) is 0.176. The summed E-state index contributed by atoms with van der Waals surface area (Å²) < 4.78 is 18.0. The Balaban J connectivity index is 1.70. The number of rotatable bonds is 7. The van der Waals surface area contributed by atoms with Crippen molar-refractivity contribution < 1.29 is 18.7 Å². The van der Waals surface area contributed by atoms with E-state index in [4.69, 9.17) is 4.74 Å². The number of halogens is 1. The monoisotopic (exact) mass is 348 g/mol. The summed E-state index contributed by atoms with van der Waals surface area (Å²) in [7, 11) is 1.57. The van der Waals surface area contributed by atoms with Crippen molar-refractivity contribution in [3.05, 3.63) is 54.3 Å². The Morgan fingerprint density at radius 2 is 1.62 bits per heavy atom. The molecule has 24 heavy (non-hydrogen) atoms. The van der Waals surface area contributed by atoms with E-state index in [0.29, 0.717) is 17.1 Å². The molecule has 0 fully saturated rings. The number of anilines is 2. The first-order chi connectivity index (χ1) is 11.6. The van der Waals surface area contributed by atoms with Crippen molar-refractivity contribution in [3.63, 3.8) is 0 Å². The van der Waals surface area contributed by atoms with Crippen molar-refractivity contribution >= 4 is 35.0 Å². The number of thioether (sulfide) groups is 1. The molecule has 2 aromatic carbocycles. The number of hydrogen-bond donors (Lipinski definition) is 2. The molecule has 126 valence electrons. The third kappa shape index (κ3) is 5.92. The Bertz CT molecular complexity index is 707. The van der Waals surface area contributed by atoms with Gasteiger partial charge in [0.15, 0.2) is 0 Å². The highest BCUT2D eigenvalue weighted by atomic mass is 32.2. The second-order valence-electron chi connectivity index (χ2n) is 4.83. The molecule has 0 aliphatic heterocycles. The van der Waals surface area contributed by atoms with Gasteiger partial charge in [0.25, 0.3) is 0 Å². The number of methoxy groups -OCH3 is 1. The molecule has 2 amide bonds. The van der Waals surface area contributed by atoms with Gasteiger partial charge in [-0.05, 0) is 42.5 Å². The summed E-state index contributed by atoms with van der Waals surface area (Å²) in [6.07, 6.45) is 0. The molecule has 0 saturated carbocycles. The summed E-state index contributed by atoms with van der Waals surface area (Å²) in [5, 5.41) is 5.30. The molecule has 0 unspecified atom stereocenters. The zero-order valence-corrected chi connectivity index (χ0v) is 13.9. The van der Waals surface area contributed by atoms with Crippen LogP contribution in [-0.4, -0.2) is 30.4 Å². The van der Waals surface area contributed by atoms with Gasteiger partial charge in [0, 0.05) is 11.4 Å². The Morgan fingerprint density at radius 1 is 1.00 bits per heavy atom. The zero-order valence-electron chi connectivity index (χ0n) is 13.0. The van der Waals surface area contributed by atoms with E-state index in [-0.39, 0.29) is 23.3 Å². The van der Waals surface area contributed by atoms with Crippen molar-refractivity contribution in [1.82, 2.24) is 0 Å². The highest BCUT2D eigenvalue weighted by Crippen LogP contribution is 2.15. The molecular weight excluding hydrogens is 331 g/mol. The number of benzene rings is 2. The predicted octanol–water partition coefficient (Wildman–Crippen LogP) is 3.14. The van der Waals surface area contributed by atoms with Crippen LogP contribution in [-0.2, 0) is 9.59 Å². The SMILES string of the molecule is COc1ccc(NC(=O)CSCC(=O)Nc2cccc(F)c2)cc1. The molecule has 5 nitrogen and oxygen atoms in total. The molecule has 0 heterocycles. The fourth-order valence-electron chi connectivity index (χ4n) is 1.87. The minimum absolute atomic E-state index is 0.104. The third-order valence-electron chi connectivity index (χ3n) is 2.95. The molecule has 2 rings (SSSR count). The van der Waals surface area contributed by atoms with E-state index in [2.05, 4.69) is 10.6 Å². The molecule has 0 bridgehead atoms. The molecule has 0 spiro atoms. The van der Waals surface area contributed by atoms with Crippen molar-refractivity contribution in [2.24, 2.45) is 0 Å². The first-order valence-corrected chi connectivity index (χ1v) is 8.29. The van der Waals surface area contributed by atoms with Crippen LogP contribution in [0.2, 0.25) is 0 Å². The number of carbonyl (C=O) groups excluding carboxylic acids is 2. The molecule has 7 heteroatoms. The average molecular weight is 348 g/mol. The minimum Gasteiger partial charge on any atom is -0.497 e. The molecule has 0 atom stereocenters. The van der Waals surface area contributed by atoms with E-state index in [1.54, 1.807) is 37.4 Å². The van der Waals surface area contributed by atoms with Crippen LogP contribution >= 0.6 is 11.8 Å². The molecule has 0 aliphatic carbocycles. The lowest BCUT2D eigenvalue weighted by atomic mass is 10.3. The Kier molecular flexibility index (Phi) is 6.62. The van der Waals surface area contributed by atoms with Crippen LogP contribution in [0, 0.1) is 5.82 Å². The van der Waals surface area contributed by atoms with Crippen molar-refractivity contribution in [2.45, 2.75) is 0 Å². The zero-order chi connectivity index (χ0) is 17.4. The number of hydrogen-bond acceptors (Lipinski definition) is 4. The lowest BCUT2D eigenvalue weighted by molar-refractivity contribution is -0.114. The molecule has 0 aliphatic rings. The number of carbonyl (C=O) groups is 2. The van der Waals surface area contributed by atoms with Crippen LogP contribution < -0.4 is 15.4 Å². The van der Waals surface area contributed by atoms with E-state index >= 15 is 0 Å². The van der Waals surface area contributed by atoms with Crippen molar-refractivity contribution in [1.29, 1.82) is 0 Å². The van der Waals surface area contributed by atoms with Gasteiger partial charge in [0.1, 0.15) is 11.6 Å². The number of nitrogens with one attached hydrogen (secondary N) is 2. The second kappa shape index (κ2) is 8.93. The quantitative estimate of drug-likeness (QED) is 0.807. The lowest BCUT2D eigenvalue weighted by Crippen LogP contribution is -2.18. The lowest BCUT2D eigenvalue weighted by Gasteiger charge is -2.07. The summed E-state index contributed by atoms with van der Waals surface area (Å²) in [5.41, 5.74) is 1.05. The summed E-state index contributed by atoms with van der Waals surface area (Å²) >= 11 is 1.18. The molecule has 2 aromatic rings. The van der Waals surface area contributed by atoms with Gasteiger partial charge in [-0.25, -0.2) is 4.39 Å². The van der Waals surface area contributed by atoms with Crippen LogP contribution in [0.1, 0.15) is 0 Å². The van der Waals surface area contributed by atoms with Gasteiger partial charge in [-0.1, -0.05) is 6.07 Å². The van der Waals surface area contributed by atoms with Gasteiger partial charge >= 0.3 is 0 Å². The highest BCUT2D eigenvalue weighted by Gasteiger charge is 2.07. The van der Waals surface area contributed by atoms with Crippen LogP contribution in [0.15, 0.2) is 48.5 Å². The van der Waals surface area contributed by atoms with Crippen LogP contribution in [0.25, 0.3) is 0 Å². The first-order valence-electron chi connectivity index (χ1n) is 7.14. The van der Waals surface area contributed by atoms with E-state index in [1.807, 2.05) is 0 Å². The van der Waals surface area contributed by atoms with E-state index in [0.717, 1.165) is 0 Å². The Hall–Kier alpha value is -2.54. The maximum absolute atomic E-state index is 13.0. The van der Waals surface area contributed by atoms with Gasteiger partial charge in [0.05, 0.1) is 18.6 Å². The van der Waals surface area contributed by atoms with Crippen molar-refractivity contribution in [2.75, 3.05) is 29.2 Å². The predicted molar refractivity (Wildman–Crippen MR) is 94.0 cm³/mol. The standard InChI is InChI=1S/C17H17FN2O3S/c1-23-15-7-5-13(6-8-15)19-16(21)10-24-11-17(22)20-14-4-2-3-12(18)9-14/h2-9H,10-11H2,1H3,(H,19,21)(H,20,22). The van der Waals surface area contributed by atoms with Crippen LogP contribution in [0.4, 0.5) is 15.8 Å². The maximum atomic E-state index is 13.0. The van der Waals surface area contributed by atoms with Crippen LogP contribution in [0.5, 0.6) is 5.75 Å². The Morgan fingerprint density at radius 3 is 2.21 bits per heavy atom. The smallest absolute Gasteiger partial charge is 0.234 e. The molecule has 0 radical (unpaired) electrons.